The van der Waals surface area contributed by atoms with Crippen molar-refractivity contribution in [1.29, 1.82) is 0 Å². The lowest BCUT2D eigenvalue weighted by Crippen LogP contribution is -2.48. The first-order valence-corrected chi connectivity index (χ1v) is 9.38. The van der Waals surface area contributed by atoms with Crippen molar-refractivity contribution >= 4 is 18.0 Å². The van der Waals surface area contributed by atoms with Crippen LogP contribution in [-0.2, 0) is 19.1 Å². The normalized spacial score (nSPS) is 28.4. The van der Waals surface area contributed by atoms with Crippen LogP contribution in [-0.4, -0.2) is 35.5 Å². The van der Waals surface area contributed by atoms with Crippen molar-refractivity contribution in [3.05, 3.63) is 35.9 Å². The van der Waals surface area contributed by atoms with Gasteiger partial charge in [-0.25, -0.2) is 9.69 Å². The van der Waals surface area contributed by atoms with Gasteiger partial charge < -0.3 is 9.47 Å². The third-order valence-corrected chi connectivity index (χ3v) is 5.44. The molecule has 0 unspecified atom stereocenters. The van der Waals surface area contributed by atoms with Gasteiger partial charge in [-0.2, -0.15) is 0 Å². The van der Waals surface area contributed by atoms with Crippen LogP contribution in [0.4, 0.5) is 4.79 Å². The van der Waals surface area contributed by atoms with Crippen LogP contribution in [0.5, 0.6) is 0 Å². The molecule has 0 aromatic heterocycles. The second kappa shape index (κ2) is 6.98. The third-order valence-electron chi connectivity index (χ3n) is 5.44. The standard InChI is InChI=1S/C21H27NO5/c1-12(2)14-11-26-20(25)22(14)18(23)15-16(21(3,4)5)19(24)27-17(15)13-9-7-6-8-10-13/h6-10,12,14-17H,11H2,1-5H3/t14-,15+,16+,17+/m1/s1. The van der Waals surface area contributed by atoms with Crippen LogP contribution in [0.2, 0.25) is 0 Å². The Kier molecular flexibility index (Phi) is 5.02. The van der Waals surface area contributed by atoms with Crippen LogP contribution >= 0.6 is 0 Å². The number of carbonyl (C=O) groups excluding carboxylic acids is 3. The summed E-state index contributed by atoms with van der Waals surface area (Å²) in [5.74, 6) is -2.15. The highest BCUT2D eigenvalue weighted by Gasteiger charge is 2.57. The first-order chi connectivity index (χ1) is 12.6. The van der Waals surface area contributed by atoms with Crippen LogP contribution in [0.3, 0.4) is 0 Å². The number of hydrogen-bond acceptors (Lipinski definition) is 5. The molecular formula is C21H27NO5. The first-order valence-electron chi connectivity index (χ1n) is 9.38. The molecule has 0 N–H and O–H groups in total. The van der Waals surface area contributed by atoms with Gasteiger partial charge in [-0.05, 0) is 16.9 Å². The average Bonchev–Trinajstić information content (AvgIpc) is 3.15. The van der Waals surface area contributed by atoms with Gasteiger partial charge in [-0.1, -0.05) is 65.0 Å². The fraction of sp³-hybridized carbons (Fsp3) is 0.571. The molecule has 2 fully saturated rings. The van der Waals surface area contributed by atoms with E-state index in [1.165, 1.54) is 4.90 Å². The van der Waals surface area contributed by atoms with E-state index in [4.69, 9.17) is 9.47 Å². The monoisotopic (exact) mass is 373 g/mol. The van der Waals surface area contributed by atoms with E-state index in [1.807, 2.05) is 65.0 Å². The molecule has 1 aromatic carbocycles. The molecule has 2 heterocycles. The second-order valence-corrected chi connectivity index (χ2v) is 8.73. The molecule has 1 aromatic rings. The second-order valence-electron chi connectivity index (χ2n) is 8.73. The maximum Gasteiger partial charge on any atom is 0.416 e. The molecular weight excluding hydrogens is 346 g/mol. The van der Waals surface area contributed by atoms with Crippen LogP contribution in [0, 0.1) is 23.2 Å². The molecule has 0 aliphatic carbocycles. The van der Waals surface area contributed by atoms with Crippen molar-refractivity contribution < 1.29 is 23.9 Å². The zero-order chi connectivity index (χ0) is 19.9. The summed E-state index contributed by atoms with van der Waals surface area (Å²) in [4.78, 5) is 39.8. The molecule has 27 heavy (non-hydrogen) atoms. The zero-order valence-corrected chi connectivity index (χ0v) is 16.5. The van der Waals surface area contributed by atoms with Crippen molar-refractivity contribution in [2.45, 2.75) is 46.8 Å². The maximum absolute atomic E-state index is 13.6. The van der Waals surface area contributed by atoms with E-state index in [-0.39, 0.29) is 18.6 Å². The van der Waals surface area contributed by atoms with Gasteiger partial charge in [-0.3, -0.25) is 9.59 Å². The number of imide groups is 1. The molecule has 2 aliphatic rings. The lowest BCUT2D eigenvalue weighted by Gasteiger charge is -2.32. The molecule has 6 nitrogen and oxygen atoms in total. The SMILES string of the molecule is CC(C)[C@H]1COC(=O)N1C(=O)[C@H]1[C@H](C(C)(C)C)C(=O)O[C@H]1c1ccccc1. The first kappa shape index (κ1) is 19.4. The minimum Gasteiger partial charge on any atom is -0.456 e. The molecule has 3 rings (SSSR count). The van der Waals surface area contributed by atoms with Gasteiger partial charge in [0.25, 0.3) is 0 Å². The van der Waals surface area contributed by atoms with Crippen molar-refractivity contribution in [2.75, 3.05) is 6.61 Å². The molecule has 2 amide bonds. The van der Waals surface area contributed by atoms with Crippen LogP contribution in [0.15, 0.2) is 30.3 Å². The van der Waals surface area contributed by atoms with Gasteiger partial charge in [0.05, 0.1) is 17.9 Å². The Morgan fingerprint density at radius 3 is 2.33 bits per heavy atom. The van der Waals surface area contributed by atoms with E-state index in [2.05, 4.69) is 0 Å². The van der Waals surface area contributed by atoms with Gasteiger partial charge in [0.15, 0.2) is 0 Å². The van der Waals surface area contributed by atoms with Gasteiger partial charge >= 0.3 is 12.1 Å². The molecule has 6 heteroatoms. The Morgan fingerprint density at radius 1 is 1.15 bits per heavy atom. The molecule has 146 valence electrons. The van der Waals surface area contributed by atoms with Gasteiger partial charge in [0.2, 0.25) is 5.91 Å². The maximum atomic E-state index is 13.6. The summed E-state index contributed by atoms with van der Waals surface area (Å²) in [6, 6.07) is 8.90. The Balaban J connectivity index is 2.04. The number of nitrogens with zero attached hydrogens (tertiary/aromatic N) is 1. The lowest BCUT2D eigenvalue weighted by atomic mass is 9.71. The quantitative estimate of drug-likeness (QED) is 0.758. The number of esters is 1. The number of benzene rings is 1. The van der Waals surface area contributed by atoms with Gasteiger partial charge in [-0.15, -0.1) is 0 Å². The van der Waals surface area contributed by atoms with E-state index >= 15 is 0 Å². The summed E-state index contributed by atoms with van der Waals surface area (Å²) in [5, 5.41) is 0. The van der Waals surface area contributed by atoms with Gasteiger partial charge in [0.1, 0.15) is 12.7 Å². The number of hydrogen-bond donors (Lipinski definition) is 0. The number of cyclic esters (lactones) is 2. The lowest BCUT2D eigenvalue weighted by molar-refractivity contribution is -0.147. The highest BCUT2D eigenvalue weighted by atomic mass is 16.6. The zero-order valence-electron chi connectivity index (χ0n) is 16.5. The Morgan fingerprint density at radius 2 is 1.78 bits per heavy atom. The minimum atomic E-state index is -0.771. The topological polar surface area (TPSA) is 72.9 Å². The van der Waals surface area contributed by atoms with Crippen molar-refractivity contribution in [3.63, 3.8) is 0 Å². The van der Waals surface area contributed by atoms with E-state index < -0.39 is 41.3 Å². The van der Waals surface area contributed by atoms with Crippen LogP contribution < -0.4 is 0 Å². The minimum absolute atomic E-state index is 0.0571. The van der Waals surface area contributed by atoms with E-state index in [9.17, 15) is 14.4 Å². The predicted molar refractivity (Wildman–Crippen MR) is 98.5 cm³/mol. The van der Waals surface area contributed by atoms with Crippen molar-refractivity contribution in [3.8, 4) is 0 Å². The average molecular weight is 373 g/mol. The molecule has 0 spiro atoms. The summed E-state index contributed by atoms with van der Waals surface area (Å²) < 4.78 is 10.8. The van der Waals surface area contributed by atoms with E-state index in [0.717, 1.165) is 5.56 Å². The summed E-state index contributed by atoms with van der Waals surface area (Å²) in [6.45, 7) is 9.80. The summed E-state index contributed by atoms with van der Waals surface area (Å²) in [5.41, 5.74) is 0.266. The number of carbonyl (C=O) groups is 3. The fourth-order valence-corrected chi connectivity index (χ4v) is 4.02. The summed E-state index contributed by atoms with van der Waals surface area (Å²) >= 11 is 0. The van der Waals surface area contributed by atoms with E-state index in [1.54, 1.807) is 0 Å². The molecule has 2 saturated heterocycles. The summed E-state index contributed by atoms with van der Waals surface area (Å²) in [6.07, 6.45) is -1.35. The van der Waals surface area contributed by atoms with Crippen molar-refractivity contribution in [2.24, 2.45) is 23.2 Å². The van der Waals surface area contributed by atoms with Crippen molar-refractivity contribution in [1.82, 2.24) is 4.90 Å². The summed E-state index contributed by atoms with van der Waals surface area (Å²) in [7, 11) is 0. The Bertz CT molecular complexity index is 737. The highest BCUT2D eigenvalue weighted by molar-refractivity contribution is 5.98. The number of ether oxygens (including phenoxy) is 2. The Labute approximate surface area is 159 Å². The number of amides is 2. The van der Waals surface area contributed by atoms with Crippen LogP contribution in [0.1, 0.15) is 46.3 Å². The fourth-order valence-electron chi connectivity index (χ4n) is 4.02. The van der Waals surface area contributed by atoms with E-state index in [0.29, 0.717) is 0 Å². The Hall–Kier alpha value is -2.37. The molecule has 2 aliphatic heterocycles. The molecule has 0 radical (unpaired) electrons. The predicted octanol–water partition coefficient (Wildman–Crippen LogP) is 3.57. The van der Waals surface area contributed by atoms with Gasteiger partial charge in [0, 0.05) is 0 Å². The number of rotatable bonds is 3. The highest BCUT2D eigenvalue weighted by Crippen LogP contribution is 2.48. The largest absolute Gasteiger partial charge is 0.456 e. The van der Waals surface area contributed by atoms with Crippen LogP contribution in [0.25, 0.3) is 0 Å². The molecule has 4 atom stereocenters. The smallest absolute Gasteiger partial charge is 0.416 e. The molecule has 0 saturated carbocycles. The molecule has 0 bridgehead atoms. The third kappa shape index (κ3) is 3.45.